The van der Waals surface area contributed by atoms with Crippen LogP contribution in [0.1, 0.15) is 68.2 Å². The van der Waals surface area contributed by atoms with Crippen molar-refractivity contribution in [3.8, 4) is 0 Å². The zero-order chi connectivity index (χ0) is 15.6. The molecule has 23 heavy (non-hydrogen) atoms. The van der Waals surface area contributed by atoms with E-state index in [0.29, 0.717) is 10.8 Å². The summed E-state index contributed by atoms with van der Waals surface area (Å²) in [5, 5.41) is 0. The summed E-state index contributed by atoms with van der Waals surface area (Å²) >= 11 is 0. The van der Waals surface area contributed by atoms with E-state index in [-0.39, 0.29) is 51.0 Å². The van der Waals surface area contributed by atoms with Crippen LogP contribution in [0.15, 0.2) is 34.4 Å². The second-order valence-electron chi connectivity index (χ2n) is 7.91. The van der Waals surface area contributed by atoms with E-state index in [1.807, 2.05) is 0 Å². The summed E-state index contributed by atoms with van der Waals surface area (Å²) in [6.07, 6.45) is 13.2. The van der Waals surface area contributed by atoms with E-state index in [1.54, 1.807) is 0 Å². The predicted octanol–water partition coefficient (Wildman–Crippen LogP) is 0.230. The van der Waals surface area contributed by atoms with Gasteiger partial charge in [-0.05, 0) is 10.8 Å². The Hall–Kier alpha value is 0.423. The monoisotopic (exact) mass is 430 g/mol. The van der Waals surface area contributed by atoms with Crippen LogP contribution < -0.4 is 24.8 Å². The van der Waals surface area contributed by atoms with Gasteiger partial charge in [0.25, 0.3) is 0 Å². The van der Waals surface area contributed by atoms with Gasteiger partial charge >= 0.3 is 26.2 Å². The Labute approximate surface area is 175 Å². The third-order valence-electron chi connectivity index (χ3n) is 3.82. The van der Waals surface area contributed by atoms with Crippen LogP contribution in [0, 0.1) is 23.0 Å². The first-order valence-electron chi connectivity index (χ1n) is 7.57. The molecule has 0 aliphatic heterocycles. The number of rotatable bonds is 0. The fourth-order valence-corrected chi connectivity index (χ4v) is 2.16. The molecule has 0 amide bonds. The minimum absolute atomic E-state index is 0. The molecule has 0 unspecified atom stereocenters. The van der Waals surface area contributed by atoms with Crippen molar-refractivity contribution in [2.24, 2.45) is 10.8 Å². The zero-order valence-electron chi connectivity index (χ0n) is 15.8. The fourth-order valence-electron chi connectivity index (χ4n) is 2.16. The molecule has 0 aromatic carbocycles. The molecule has 0 N–H and O–H groups in total. The van der Waals surface area contributed by atoms with Gasteiger partial charge in [0.2, 0.25) is 0 Å². The van der Waals surface area contributed by atoms with Crippen LogP contribution in [0.25, 0.3) is 0 Å². The minimum atomic E-state index is 0. The van der Waals surface area contributed by atoms with Crippen molar-refractivity contribution >= 4 is 0 Å². The molecule has 0 nitrogen and oxygen atoms in total. The van der Waals surface area contributed by atoms with Crippen molar-refractivity contribution < 1.29 is 51.0 Å². The second-order valence-corrected chi connectivity index (χ2v) is 7.91. The van der Waals surface area contributed by atoms with Gasteiger partial charge in [-0.1, -0.05) is 55.4 Å². The Bertz CT molecular complexity index is 435. The standard InChI is InChI=1S/2C10H15.2ClH.Zr/c2*1-8-5-6-9(7-8)10(2,3)4;;;/h2*7H,6H2,1-4H3;2*1H;/q2*-1;;;+4/p-2. The molecule has 0 atom stereocenters. The third-order valence-corrected chi connectivity index (χ3v) is 3.82. The molecular formula is C20H30Cl2Zr. The summed E-state index contributed by atoms with van der Waals surface area (Å²) in [6.45, 7) is 17.7. The molecule has 2 aliphatic carbocycles. The van der Waals surface area contributed by atoms with E-state index in [9.17, 15) is 0 Å². The van der Waals surface area contributed by atoms with Crippen LogP contribution in [0.4, 0.5) is 0 Å². The molecular weight excluding hydrogens is 402 g/mol. The van der Waals surface area contributed by atoms with Gasteiger partial charge in [0.05, 0.1) is 0 Å². The maximum absolute atomic E-state index is 3.30. The molecule has 0 heterocycles. The molecule has 128 valence electrons. The Morgan fingerprint density at radius 2 is 0.957 bits per heavy atom. The van der Waals surface area contributed by atoms with Crippen LogP contribution in [0.5, 0.6) is 0 Å². The van der Waals surface area contributed by atoms with E-state index in [0.717, 1.165) is 12.8 Å². The molecule has 0 bridgehead atoms. The molecule has 0 aromatic rings. The fraction of sp³-hybridized carbons (Fsp3) is 0.600. The van der Waals surface area contributed by atoms with E-state index in [4.69, 9.17) is 0 Å². The number of hydrogen-bond acceptors (Lipinski definition) is 0. The van der Waals surface area contributed by atoms with E-state index in [1.165, 1.54) is 22.3 Å². The van der Waals surface area contributed by atoms with Crippen molar-refractivity contribution in [2.45, 2.75) is 68.2 Å². The molecule has 0 fully saturated rings. The maximum Gasteiger partial charge on any atom is 4.00 e. The molecule has 2 rings (SSSR count). The normalized spacial score (nSPS) is 16.3. The average molecular weight is 433 g/mol. The van der Waals surface area contributed by atoms with E-state index in [2.05, 4.69) is 79.7 Å². The van der Waals surface area contributed by atoms with Crippen LogP contribution in [-0.2, 0) is 26.2 Å². The topological polar surface area (TPSA) is 0 Å². The van der Waals surface area contributed by atoms with Gasteiger partial charge in [0, 0.05) is 0 Å². The van der Waals surface area contributed by atoms with Crippen LogP contribution in [0.3, 0.4) is 0 Å². The average Bonchev–Trinajstić information content (AvgIpc) is 2.85. The van der Waals surface area contributed by atoms with Gasteiger partial charge in [-0.15, -0.1) is 12.8 Å². The van der Waals surface area contributed by atoms with Gasteiger partial charge in [0.1, 0.15) is 0 Å². The Kier molecular flexibility index (Phi) is 13.6. The molecule has 0 saturated heterocycles. The number of hydrogen-bond donors (Lipinski definition) is 0. The van der Waals surface area contributed by atoms with Crippen LogP contribution >= 0.6 is 0 Å². The van der Waals surface area contributed by atoms with E-state index < -0.39 is 0 Å². The summed E-state index contributed by atoms with van der Waals surface area (Å²) in [7, 11) is 0. The SMILES string of the molecule is CC1=[C-]CC(C(C)(C)C)=C1.CC1=[C-]CC(C(C)(C)C)=C1.[Cl-].[Cl-].[Zr+4]. The molecule has 2 aliphatic rings. The maximum atomic E-state index is 3.30. The molecule has 0 aromatic heterocycles. The van der Waals surface area contributed by atoms with Crippen molar-refractivity contribution in [1.82, 2.24) is 0 Å². The molecule has 0 radical (unpaired) electrons. The van der Waals surface area contributed by atoms with Gasteiger partial charge < -0.3 is 24.8 Å². The Morgan fingerprint density at radius 1 is 0.696 bits per heavy atom. The van der Waals surface area contributed by atoms with Gasteiger partial charge in [0.15, 0.2) is 0 Å². The van der Waals surface area contributed by atoms with Gasteiger partial charge in [-0.3, -0.25) is 12.2 Å². The van der Waals surface area contributed by atoms with Crippen molar-refractivity contribution in [1.29, 1.82) is 0 Å². The van der Waals surface area contributed by atoms with Crippen molar-refractivity contribution in [2.75, 3.05) is 0 Å². The summed E-state index contributed by atoms with van der Waals surface area (Å²) in [5.41, 5.74) is 6.28. The van der Waals surface area contributed by atoms with Crippen LogP contribution in [-0.4, -0.2) is 0 Å². The Morgan fingerprint density at radius 3 is 1.04 bits per heavy atom. The number of halogens is 2. The largest absolute Gasteiger partial charge is 4.00 e. The third kappa shape index (κ3) is 10.1. The summed E-state index contributed by atoms with van der Waals surface area (Å²) in [6, 6.07) is 0. The summed E-state index contributed by atoms with van der Waals surface area (Å²) < 4.78 is 0. The minimum Gasteiger partial charge on any atom is -1.00 e. The second kappa shape index (κ2) is 11.1. The number of allylic oxidation sites excluding steroid dienone is 8. The molecule has 3 heteroatoms. The van der Waals surface area contributed by atoms with Gasteiger partial charge in [-0.25, -0.2) is 23.3 Å². The predicted molar refractivity (Wildman–Crippen MR) is 89.2 cm³/mol. The summed E-state index contributed by atoms with van der Waals surface area (Å²) in [4.78, 5) is 0. The Balaban J connectivity index is -0.000000308. The van der Waals surface area contributed by atoms with E-state index >= 15 is 0 Å². The summed E-state index contributed by atoms with van der Waals surface area (Å²) in [5.74, 6) is 0. The first kappa shape index (κ1) is 28.2. The smallest absolute Gasteiger partial charge is 1.00 e. The van der Waals surface area contributed by atoms with Crippen LogP contribution in [0.2, 0.25) is 0 Å². The van der Waals surface area contributed by atoms with Crippen molar-refractivity contribution in [3.63, 3.8) is 0 Å². The van der Waals surface area contributed by atoms with Gasteiger partial charge in [-0.2, -0.15) is 11.1 Å². The molecule has 0 saturated carbocycles. The first-order valence-corrected chi connectivity index (χ1v) is 7.57. The zero-order valence-corrected chi connectivity index (χ0v) is 19.8. The quantitative estimate of drug-likeness (QED) is 0.481. The van der Waals surface area contributed by atoms with Crippen molar-refractivity contribution in [3.05, 3.63) is 46.6 Å². The first-order chi connectivity index (χ1) is 9.00. The molecule has 0 spiro atoms.